The van der Waals surface area contributed by atoms with Crippen molar-refractivity contribution in [2.45, 2.75) is 6.42 Å². The quantitative estimate of drug-likeness (QED) is 0.658. The topological polar surface area (TPSA) is 97.8 Å². The average molecular weight is 268 g/mol. The van der Waals surface area contributed by atoms with Crippen molar-refractivity contribution in [3.8, 4) is 5.75 Å². The first kappa shape index (κ1) is 14.9. The number of rotatable bonds is 8. The smallest absolute Gasteiger partial charge is 0.354 e. The number of methoxy groups -OCH3 is 1. The van der Waals surface area contributed by atoms with Crippen LogP contribution in [0.1, 0.15) is 16.9 Å². The number of amides is 1. The van der Waals surface area contributed by atoms with Crippen LogP contribution in [0.5, 0.6) is 5.75 Å². The largest absolute Gasteiger partial charge is 0.482 e. The molecule has 0 bridgehead atoms. The summed E-state index contributed by atoms with van der Waals surface area (Å²) in [6.07, 6.45) is 2.00. The third kappa shape index (κ3) is 5.82. The molecule has 0 atom stereocenters. The van der Waals surface area contributed by atoms with Gasteiger partial charge in [-0.05, 0) is 18.6 Å². The van der Waals surface area contributed by atoms with Crippen LogP contribution in [-0.2, 0) is 9.53 Å². The average Bonchev–Trinajstić information content (AvgIpc) is 2.42. The van der Waals surface area contributed by atoms with E-state index in [9.17, 15) is 9.59 Å². The van der Waals surface area contributed by atoms with E-state index < -0.39 is 5.97 Å². The lowest BCUT2D eigenvalue weighted by Gasteiger charge is -2.07. The van der Waals surface area contributed by atoms with Crippen molar-refractivity contribution in [1.29, 1.82) is 0 Å². The minimum atomic E-state index is -1.11. The molecule has 1 aromatic rings. The summed E-state index contributed by atoms with van der Waals surface area (Å²) in [6, 6.07) is 2.77. The van der Waals surface area contributed by atoms with Gasteiger partial charge in [-0.3, -0.25) is 4.79 Å². The summed E-state index contributed by atoms with van der Waals surface area (Å²) in [6.45, 7) is 0.967. The maximum absolute atomic E-state index is 11.4. The molecule has 0 aliphatic rings. The normalized spacial score (nSPS) is 9.95. The molecule has 0 aromatic carbocycles. The lowest BCUT2D eigenvalue weighted by molar-refractivity contribution is -0.123. The Morgan fingerprint density at radius 3 is 2.79 bits per heavy atom. The van der Waals surface area contributed by atoms with E-state index in [1.807, 2.05) is 0 Å². The van der Waals surface area contributed by atoms with Crippen LogP contribution in [0.4, 0.5) is 0 Å². The number of carboxylic acid groups (broad SMARTS) is 1. The van der Waals surface area contributed by atoms with Gasteiger partial charge in [0.1, 0.15) is 11.4 Å². The molecule has 104 valence electrons. The Kier molecular flexibility index (Phi) is 6.31. The van der Waals surface area contributed by atoms with Crippen molar-refractivity contribution in [3.05, 3.63) is 24.0 Å². The van der Waals surface area contributed by atoms with E-state index in [0.717, 1.165) is 6.42 Å². The zero-order valence-corrected chi connectivity index (χ0v) is 10.6. The number of hydrogen-bond acceptors (Lipinski definition) is 5. The maximum atomic E-state index is 11.4. The Bertz CT molecular complexity index is 419. The third-order valence-corrected chi connectivity index (χ3v) is 2.17. The molecule has 0 saturated heterocycles. The van der Waals surface area contributed by atoms with Gasteiger partial charge in [-0.15, -0.1) is 0 Å². The standard InChI is InChI=1S/C12H16N2O5/c1-18-6-2-5-13-11(15)8-19-9-3-4-10(12(16)17)14-7-9/h3-4,7H,2,5-6,8H2,1H3,(H,13,15)(H,16,17). The molecule has 1 amide bonds. The van der Waals surface area contributed by atoms with Crippen LogP contribution in [0.25, 0.3) is 0 Å². The molecule has 0 spiro atoms. The van der Waals surface area contributed by atoms with E-state index in [-0.39, 0.29) is 18.2 Å². The fraction of sp³-hybridized carbons (Fsp3) is 0.417. The number of ether oxygens (including phenoxy) is 2. The molecule has 7 nitrogen and oxygen atoms in total. The zero-order chi connectivity index (χ0) is 14.1. The first-order valence-corrected chi connectivity index (χ1v) is 5.71. The molecule has 19 heavy (non-hydrogen) atoms. The fourth-order valence-electron chi connectivity index (χ4n) is 1.24. The van der Waals surface area contributed by atoms with Gasteiger partial charge in [-0.2, -0.15) is 0 Å². The van der Waals surface area contributed by atoms with Gasteiger partial charge in [0.25, 0.3) is 5.91 Å². The molecule has 2 N–H and O–H groups in total. The highest BCUT2D eigenvalue weighted by Crippen LogP contribution is 2.08. The highest BCUT2D eigenvalue weighted by atomic mass is 16.5. The number of nitrogens with one attached hydrogen (secondary N) is 1. The lowest BCUT2D eigenvalue weighted by Crippen LogP contribution is -2.30. The molecular weight excluding hydrogens is 252 g/mol. The number of carbonyl (C=O) groups excluding carboxylic acids is 1. The Morgan fingerprint density at radius 2 is 2.21 bits per heavy atom. The molecule has 0 fully saturated rings. The predicted octanol–water partition coefficient (Wildman–Crippen LogP) is 0.311. The maximum Gasteiger partial charge on any atom is 0.354 e. The van der Waals surface area contributed by atoms with Gasteiger partial charge in [0.05, 0.1) is 6.20 Å². The van der Waals surface area contributed by atoms with Crippen molar-refractivity contribution < 1.29 is 24.2 Å². The minimum absolute atomic E-state index is 0.0728. The molecule has 1 heterocycles. The summed E-state index contributed by atoms with van der Waals surface area (Å²) < 4.78 is 10.0. The molecule has 1 rings (SSSR count). The van der Waals surface area contributed by atoms with Crippen molar-refractivity contribution in [2.24, 2.45) is 0 Å². The summed E-state index contributed by atoms with van der Waals surface area (Å²) in [4.78, 5) is 25.6. The van der Waals surface area contributed by atoms with Gasteiger partial charge in [-0.25, -0.2) is 9.78 Å². The molecule has 1 aromatic heterocycles. The van der Waals surface area contributed by atoms with Gasteiger partial charge in [-0.1, -0.05) is 0 Å². The Labute approximate surface area is 110 Å². The number of hydrogen-bond donors (Lipinski definition) is 2. The van der Waals surface area contributed by atoms with Gasteiger partial charge in [0.15, 0.2) is 6.61 Å². The van der Waals surface area contributed by atoms with E-state index >= 15 is 0 Å². The van der Waals surface area contributed by atoms with E-state index in [1.54, 1.807) is 7.11 Å². The molecule has 7 heteroatoms. The number of aromatic carboxylic acids is 1. The summed E-state index contributed by atoms with van der Waals surface area (Å²) in [5, 5.41) is 11.3. The monoisotopic (exact) mass is 268 g/mol. The number of aromatic nitrogens is 1. The number of pyridine rings is 1. The Balaban J connectivity index is 2.28. The first-order valence-electron chi connectivity index (χ1n) is 5.71. The highest BCUT2D eigenvalue weighted by Gasteiger charge is 2.05. The van der Waals surface area contributed by atoms with Gasteiger partial charge >= 0.3 is 5.97 Å². The molecule has 0 aliphatic carbocycles. The van der Waals surface area contributed by atoms with Crippen LogP contribution < -0.4 is 10.1 Å². The zero-order valence-electron chi connectivity index (χ0n) is 10.6. The summed E-state index contributed by atoms with van der Waals surface area (Å²) in [5.41, 5.74) is -0.0728. The second-order valence-electron chi connectivity index (χ2n) is 3.67. The second-order valence-corrected chi connectivity index (χ2v) is 3.67. The number of carbonyl (C=O) groups is 2. The number of nitrogens with zero attached hydrogens (tertiary/aromatic N) is 1. The van der Waals surface area contributed by atoms with Crippen LogP contribution in [0.15, 0.2) is 18.3 Å². The molecule has 0 radical (unpaired) electrons. The van der Waals surface area contributed by atoms with E-state index in [1.165, 1.54) is 18.3 Å². The van der Waals surface area contributed by atoms with Crippen molar-refractivity contribution in [1.82, 2.24) is 10.3 Å². The van der Waals surface area contributed by atoms with Gasteiger partial charge in [0.2, 0.25) is 0 Å². The highest BCUT2D eigenvalue weighted by molar-refractivity contribution is 5.85. The Morgan fingerprint density at radius 1 is 1.42 bits per heavy atom. The third-order valence-electron chi connectivity index (χ3n) is 2.17. The van der Waals surface area contributed by atoms with Crippen LogP contribution in [0, 0.1) is 0 Å². The fourth-order valence-corrected chi connectivity index (χ4v) is 1.24. The van der Waals surface area contributed by atoms with Crippen LogP contribution in [0.2, 0.25) is 0 Å². The molecule has 0 unspecified atom stereocenters. The van der Waals surface area contributed by atoms with Crippen LogP contribution >= 0.6 is 0 Å². The molecule has 0 aliphatic heterocycles. The summed E-state index contributed by atoms with van der Waals surface area (Å²) in [7, 11) is 1.60. The van der Waals surface area contributed by atoms with Crippen molar-refractivity contribution in [2.75, 3.05) is 26.9 Å². The molecular formula is C12H16N2O5. The lowest BCUT2D eigenvalue weighted by atomic mass is 10.3. The SMILES string of the molecule is COCCCNC(=O)COc1ccc(C(=O)O)nc1. The minimum Gasteiger partial charge on any atom is -0.482 e. The van der Waals surface area contributed by atoms with Crippen molar-refractivity contribution >= 4 is 11.9 Å². The van der Waals surface area contributed by atoms with E-state index in [0.29, 0.717) is 18.9 Å². The molecule has 0 saturated carbocycles. The Hall–Kier alpha value is -2.15. The number of carboxylic acids is 1. The van der Waals surface area contributed by atoms with Gasteiger partial charge in [0, 0.05) is 20.3 Å². The van der Waals surface area contributed by atoms with Gasteiger partial charge < -0.3 is 19.9 Å². The van der Waals surface area contributed by atoms with Crippen LogP contribution in [-0.4, -0.2) is 48.8 Å². The summed E-state index contributed by atoms with van der Waals surface area (Å²) >= 11 is 0. The second kappa shape index (κ2) is 8.04. The van der Waals surface area contributed by atoms with Crippen LogP contribution in [0.3, 0.4) is 0 Å². The van der Waals surface area contributed by atoms with E-state index in [2.05, 4.69) is 10.3 Å². The summed E-state index contributed by atoms with van der Waals surface area (Å²) in [5.74, 6) is -1.02. The van der Waals surface area contributed by atoms with E-state index in [4.69, 9.17) is 14.6 Å². The van der Waals surface area contributed by atoms with Crippen molar-refractivity contribution in [3.63, 3.8) is 0 Å². The first-order chi connectivity index (χ1) is 9.13. The predicted molar refractivity (Wildman–Crippen MR) is 66.2 cm³/mol.